The predicted molar refractivity (Wildman–Crippen MR) is 134 cm³/mol. The number of fused-ring (bicyclic) bond motifs is 2. The molecule has 1 aromatic heterocycles. The van der Waals surface area contributed by atoms with Gasteiger partial charge in [0.2, 0.25) is 0 Å². The van der Waals surface area contributed by atoms with Gasteiger partial charge in [-0.25, -0.2) is 0 Å². The number of nitrogens with zero attached hydrogens (tertiary/aromatic N) is 2. The Bertz CT molecular complexity index is 1300. The summed E-state index contributed by atoms with van der Waals surface area (Å²) in [6.07, 6.45) is -2.37. The molecule has 0 bridgehead atoms. The van der Waals surface area contributed by atoms with Crippen LogP contribution in [0.1, 0.15) is 71.1 Å². The quantitative estimate of drug-likeness (QED) is 0.469. The van der Waals surface area contributed by atoms with Gasteiger partial charge in [-0.05, 0) is 49.7 Å². The van der Waals surface area contributed by atoms with Crippen LogP contribution in [-0.2, 0) is 0 Å². The molecule has 36 heavy (non-hydrogen) atoms. The number of amides is 1. The summed E-state index contributed by atoms with van der Waals surface area (Å²) in [5.41, 5.74) is 10.3. The first-order valence-corrected chi connectivity index (χ1v) is 12.4. The van der Waals surface area contributed by atoms with Crippen molar-refractivity contribution in [3.05, 3.63) is 64.8 Å². The third-order valence-corrected chi connectivity index (χ3v) is 7.66. The highest BCUT2D eigenvalue weighted by Crippen LogP contribution is 2.47. The fourth-order valence-electron chi connectivity index (χ4n) is 5.96. The van der Waals surface area contributed by atoms with Crippen molar-refractivity contribution in [3.8, 4) is 5.75 Å². The second kappa shape index (κ2) is 9.30. The van der Waals surface area contributed by atoms with E-state index < -0.39 is 18.0 Å². The van der Waals surface area contributed by atoms with Crippen molar-refractivity contribution in [2.45, 2.75) is 50.1 Å². The number of aromatic nitrogens is 1. The average Bonchev–Trinajstić information content (AvgIpc) is 2.86. The Morgan fingerprint density at radius 2 is 1.69 bits per heavy atom. The summed E-state index contributed by atoms with van der Waals surface area (Å²) in [5.74, 6) is -1.25. The Balaban J connectivity index is 1.69. The van der Waals surface area contributed by atoms with E-state index in [4.69, 9.17) is 15.5 Å². The van der Waals surface area contributed by atoms with Crippen LogP contribution in [0.2, 0.25) is 0 Å². The van der Waals surface area contributed by atoms with Gasteiger partial charge in [0.05, 0.1) is 35.0 Å². The molecule has 1 atom stereocenters. The Labute approximate surface area is 208 Å². The highest BCUT2D eigenvalue weighted by atomic mass is 19.4. The number of halogens is 3. The van der Waals surface area contributed by atoms with E-state index in [1.165, 1.54) is 0 Å². The van der Waals surface area contributed by atoms with Gasteiger partial charge in [-0.15, -0.1) is 0 Å². The number of ether oxygens (including phenoxy) is 1. The maximum Gasteiger partial charge on any atom is 0.391 e. The van der Waals surface area contributed by atoms with Crippen LogP contribution in [0.25, 0.3) is 10.9 Å². The molecular formula is C28H30F3N3O2. The van der Waals surface area contributed by atoms with Gasteiger partial charge in [-0.3, -0.25) is 9.78 Å². The van der Waals surface area contributed by atoms with Crippen molar-refractivity contribution >= 4 is 22.5 Å². The van der Waals surface area contributed by atoms with Crippen molar-refractivity contribution in [2.24, 2.45) is 11.7 Å². The number of rotatable bonds is 4. The van der Waals surface area contributed by atoms with Gasteiger partial charge >= 0.3 is 6.18 Å². The summed E-state index contributed by atoms with van der Waals surface area (Å²) in [6.45, 7) is 0.486. The molecule has 0 unspecified atom stereocenters. The zero-order chi connectivity index (χ0) is 25.6. The standard InChI is InChI=1S/C28H30F3N3O2/c1-34(2)26-21-8-5-7-18(16-10-12-17(13-11-16)28(29,30)31)24(21)33-25(23(26)27(32)35)20-14-15-36-22-9-4-3-6-19(20)22/h3-9,16-17,20H,10-15H2,1-2H3,(H2,32,35)/t16?,17?,20-/m0/s1. The number of hydrogen-bond donors (Lipinski definition) is 1. The van der Waals surface area contributed by atoms with E-state index >= 15 is 0 Å². The molecule has 0 saturated heterocycles. The third kappa shape index (κ3) is 4.27. The fourth-order valence-corrected chi connectivity index (χ4v) is 5.96. The SMILES string of the molecule is CN(C)c1c(C(N)=O)c([C@H]2CCOc3ccccc32)nc2c(C3CCC(C(F)(F)F)CC3)cccc12. The smallest absolute Gasteiger partial charge is 0.391 e. The summed E-state index contributed by atoms with van der Waals surface area (Å²) in [5, 5.41) is 0.785. The number of carbonyl (C=O) groups is 1. The van der Waals surface area contributed by atoms with Gasteiger partial charge in [0.1, 0.15) is 5.75 Å². The molecule has 5 nitrogen and oxygen atoms in total. The average molecular weight is 498 g/mol. The molecule has 2 heterocycles. The first-order chi connectivity index (χ1) is 17.2. The van der Waals surface area contributed by atoms with Crippen LogP contribution in [0.4, 0.5) is 18.9 Å². The molecule has 1 aliphatic heterocycles. The number of anilines is 1. The van der Waals surface area contributed by atoms with Crippen LogP contribution in [0.3, 0.4) is 0 Å². The highest BCUT2D eigenvalue weighted by molar-refractivity contribution is 6.08. The molecule has 1 saturated carbocycles. The van der Waals surface area contributed by atoms with Gasteiger partial charge in [-0.2, -0.15) is 13.2 Å². The molecule has 2 aliphatic rings. The Morgan fingerprint density at radius 1 is 1.00 bits per heavy atom. The van der Waals surface area contributed by atoms with Crippen molar-refractivity contribution < 1.29 is 22.7 Å². The molecule has 2 aromatic carbocycles. The molecule has 0 radical (unpaired) electrons. The van der Waals surface area contributed by atoms with Gasteiger partial charge in [0, 0.05) is 31.0 Å². The number of primary amides is 1. The lowest BCUT2D eigenvalue weighted by Crippen LogP contribution is -2.27. The summed E-state index contributed by atoms with van der Waals surface area (Å²) in [6, 6.07) is 13.5. The van der Waals surface area contributed by atoms with Crippen LogP contribution in [0.5, 0.6) is 5.75 Å². The number of hydrogen-bond acceptors (Lipinski definition) is 4. The minimum atomic E-state index is -4.15. The molecule has 1 aliphatic carbocycles. The van der Waals surface area contributed by atoms with E-state index in [0.717, 1.165) is 27.8 Å². The van der Waals surface area contributed by atoms with Crippen LogP contribution >= 0.6 is 0 Å². The lowest BCUT2D eigenvalue weighted by atomic mass is 9.77. The Morgan fingerprint density at radius 3 is 2.36 bits per heavy atom. The van der Waals surface area contributed by atoms with Crippen molar-refractivity contribution in [1.82, 2.24) is 4.98 Å². The van der Waals surface area contributed by atoms with Gasteiger partial charge in [0.15, 0.2) is 0 Å². The van der Waals surface area contributed by atoms with E-state index in [1.807, 2.05) is 61.5 Å². The summed E-state index contributed by atoms with van der Waals surface area (Å²) in [7, 11) is 3.73. The van der Waals surface area contributed by atoms with Crippen molar-refractivity contribution in [1.29, 1.82) is 0 Å². The molecule has 3 aromatic rings. The summed E-state index contributed by atoms with van der Waals surface area (Å²) >= 11 is 0. The van der Waals surface area contributed by atoms with Crippen LogP contribution in [0.15, 0.2) is 42.5 Å². The molecule has 2 N–H and O–H groups in total. The minimum absolute atomic E-state index is 0.0240. The first-order valence-electron chi connectivity index (χ1n) is 12.4. The molecule has 5 rings (SSSR count). The maximum absolute atomic E-state index is 13.3. The number of pyridine rings is 1. The zero-order valence-electron chi connectivity index (χ0n) is 20.4. The molecular weight excluding hydrogens is 467 g/mol. The third-order valence-electron chi connectivity index (χ3n) is 7.66. The van der Waals surface area contributed by atoms with E-state index in [1.54, 1.807) is 0 Å². The zero-order valence-corrected chi connectivity index (χ0v) is 20.4. The van der Waals surface area contributed by atoms with E-state index in [0.29, 0.717) is 42.8 Å². The van der Waals surface area contributed by atoms with Crippen LogP contribution in [0, 0.1) is 5.92 Å². The minimum Gasteiger partial charge on any atom is -0.493 e. The molecule has 1 amide bonds. The lowest BCUT2D eigenvalue weighted by Gasteiger charge is -2.32. The summed E-state index contributed by atoms with van der Waals surface area (Å²) in [4.78, 5) is 19.9. The number of alkyl halides is 3. The molecule has 1 fully saturated rings. The van der Waals surface area contributed by atoms with E-state index in [9.17, 15) is 18.0 Å². The fraction of sp³-hybridized carbons (Fsp3) is 0.429. The number of carbonyl (C=O) groups excluding carboxylic acids is 1. The molecule has 190 valence electrons. The first kappa shape index (κ1) is 24.4. The Hall–Kier alpha value is -3.29. The summed E-state index contributed by atoms with van der Waals surface area (Å²) < 4.78 is 45.7. The van der Waals surface area contributed by atoms with E-state index in [-0.39, 0.29) is 24.7 Å². The number of nitrogens with two attached hydrogens (primary N) is 1. The Kier molecular flexibility index (Phi) is 6.30. The number of benzene rings is 2. The maximum atomic E-state index is 13.3. The highest BCUT2D eigenvalue weighted by Gasteiger charge is 2.42. The topological polar surface area (TPSA) is 68.5 Å². The normalized spacial score (nSPS) is 22.1. The van der Waals surface area contributed by atoms with E-state index in [2.05, 4.69) is 0 Å². The van der Waals surface area contributed by atoms with Crippen LogP contribution < -0.4 is 15.4 Å². The molecule has 0 spiro atoms. The monoisotopic (exact) mass is 497 g/mol. The molecule has 8 heteroatoms. The van der Waals surface area contributed by atoms with Gasteiger partial charge in [-0.1, -0.05) is 36.4 Å². The lowest BCUT2D eigenvalue weighted by molar-refractivity contribution is -0.182. The van der Waals surface area contributed by atoms with Crippen LogP contribution in [-0.4, -0.2) is 37.8 Å². The second-order valence-corrected chi connectivity index (χ2v) is 10.0. The van der Waals surface area contributed by atoms with Gasteiger partial charge in [0.25, 0.3) is 5.91 Å². The van der Waals surface area contributed by atoms with Gasteiger partial charge < -0.3 is 15.4 Å². The van der Waals surface area contributed by atoms with Crippen molar-refractivity contribution in [2.75, 3.05) is 25.6 Å². The second-order valence-electron chi connectivity index (χ2n) is 10.0. The van der Waals surface area contributed by atoms with Crippen molar-refractivity contribution in [3.63, 3.8) is 0 Å². The predicted octanol–water partition coefficient (Wildman–Crippen LogP) is 6.15. The number of para-hydroxylation sites is 2. The largest absolute Gasteiger partial charge is 0.493 e.